The van der Waals surface area contributed by atoms with Gasteiger partial charge in [0.25, 0.3) is 5.89 Å². The minimum Gasteiger partial charge on any atom is -0.454 e. The monoisotopic (exact) mass is 484 g/mol. The van der Waals surface area contributed by atoms with Gasteiger partial charge in [-0.3, -0.25) is 4.79 Å². The molecule has 2 aromatic heterocycles. The second-order valence-corrected chi connectivity index (χ2v) is 8.21. The highest BCUT2D eigenvalue weighted by atomic mass is 35.5. The number of carbonyl (C=O) groups excluding carboxylic acids is 1. The molecule has 1 aliphatic heterocycles. The van der Waals surface area contributed by atoms with Crippen LogP contribution in [0.15, 0.2) is 52.0 Å². The summed E-state index contributed by atoms with van der Waals surface area (Å²) in [6, 6.07) is 12.2. The molecule has 0 spiro atoms. The van der Waals surface area contributed by atoms with Crippen LogP contribution in [-0.2, 0) is 11.3 Å². The first-order chi connectivity index (χ1) is 16.0. The molecular weight excluding hydrogens is 468 g/mol. The molecule has 0 saturated heterocycles. The summed E-state index contributed by atoms with van der Waals surface area (Å²) < 4.78 is 17.6. The molecule has 33 heavy (non-hydrogen) atoms. The molecule has 0 unspecified atom stereocenters. The number of fused-ring (bicyclic) bond motifs is 1. The summed E-state index contributed by atoms with van der Waals surface area (Å²) in [6.45, 7) is 0.0725. The van der Waals surface area contributed by atoms with E-state index in [-0.39, 0.29) is 31.0 Å². The topological polar surface area (TPSA) is 130 Å². The normalized spacial score (nSPS) is 12.2. The average Bonchev–Trinajstić information content (AvgIpc) is 3.52. The Bertz CT molecular complexity index is 1350. The molecule has 12 heteroatoms. The number of amides is 1. The van der Waals surface area contributed by atoms with Crippen molar-refractivity contribution in [3.05, 3.63) is 47.5 Å². The maximum Gasteiger partial charge on any atom is 0.264 e. The summed E-state index contributed by atoms with van der Waals surface area (Å²) in [5.74, 6) is 1.77. The van der Waals surface area contributed by atoms with Crippen LogP contribution in [-0.4, -0.2) is 38.9 Å². The van der Waals surface area contributed by atoms with Crippen LogP contribution in [0.1, 0.15) is 0 Å². The van der Waals surface area contributed by atoms with Crippen molar-refractivity contribution in [1.29, 1.82) is 0 Å². The van der Waals surface area contributed by atoms with E-state index in [0.717, 1.165) is 0 Å². The number of nitrogens with two attached hydrogens (primary N) is 1. The predicted molar refractivity (Wildman–Crippen MR) is 123 cm³/mol. The van der Waals surface area contributed by atoms with E-state index in [1.807, 2.05) is 12.3 Å². The Balaban J connectivity index is 1.40. The lowest BCUT2D eigenvalue weighted by atomic mass is 10.2. The lowest BCUT2D eigenvalue weighted by Crippen LogP contribution is -2.20. The fraction of sp³-hybridized carbons (Fsp3) is 0.143. The van der Waals surface area contributed by atoms with Crippen LogP contribution in [0.5, 0.6) is 11.5 Å². The molecule has 0 radical (unpaired) electrons. The molecule has 3 N–H and O–H groups in total. The van der Waals surface area contributed by atoms with Gasteiger partial charge in [0.1, 0.15) is 23.0 Å². The van der Waals surface area contributed by atoms with Gasteiger partial charge in [0, 0.05) is 16.3 Å². The number of carbonyl (C=O) groups is 1. The van der Waals surface area contributed by atoms with Crippen LogP contribution < -0.4 is 20.5 Å². The van der Waals surface area contributed by atoms with Gasteiger partial charge in [0.15, 0.2) is 11.5 Å². The molecule has 3 heterocycles. The standard InChI is InChI=1S/C21H17ClN6O4S/c1-33-21-17(18(23)28(26-21)9-16(29)24-13-4-2-3-12(22)8-13)20-25-19(27-32-20)11-5-6-14-15(7-11)31-10-30-14/h2-8H,9-10,23H2,1H3,(H,24,29). The molecule has 0 aliphatic carbocycles. The predicted octanol–water partition coefficient (Wildman–Crippen LogP) is 3.93. The number of hydrogen-bond donors (Lipinski definition) is 2. The van der Waals surface area contributed by atoms with Crippen molar-refractivity contribution in [2.75, 3.05) is 24.1 Å². The minimum atomic E-state index is -0.308. The summed E-state index contributed by atoms with van der Waals surface area (Å²) in [6.07, 6.45) is 1.84. The van der Waals surface area contributed by atoms with E-state index in [0.29, 0.717) is 44.2 Å². The number of rotatable bonds is 6. The molecule has 0 saturated carbocycles. The molecule has 1 amide bonds. The first-order valence-electron chi connectivity index (χ1n) is 9.71. The maximum atomic E-state index is 12.5. The van der Waals surface area contributed by atoms with Gasteiger partial charge in [-0.2, -0.15) is 10.1 Å². The van der Waals surface area contributed by atoms with Crippen molar-refractivity contribution in [1.82, 2.24) is 19.9 Å². The number of aromatic nitrogens is 4. The Morgan fingerprint density at radius 3 is 2.91 bits per heavy atom. The highest BCUT2D eigenvalue weighted by Gasteiger charge is 2.24. The smallest absolute Gasteiger partial charge is 0.264 e. The second kappa shape index (κ2) is 8.68. The van der Waals surface area contributed by atoms with Crippen LogP contribution in [0.3, 0.4) is 0 Å². The van der Waals surface area contributed by atoms with Gasteiger partial charge in [0.05, 0.1) is 0 Å². The Morgan fingerprint density at radius 2 is 2.09 bits per heavy atom. The third-order valence-electron chi connectivity index (χ3n) is 4.83. The molecule has 2 aromatic carbocycles. The Hall–Kier alpha value is -3.70. The van der Waals surface area contributed by atoms with E-state index in [2.05, 4.69) is 20.6 Å². The fourth-order valence-corrected chi connectivity index (χ4v) is 4.06. The highest BCUT2D eigenvalue weighted by molar-refractivity contribution is 7.98. The largest absolute Gasteiger partial charge is 0.454 e. The van der Waals surface area contributed by atoms with E-state index >= 15 is 0 Å². The maximum absolute atomic E-state index is 12.5. The SMILES string of the molecule is CSc1nn(CC(=O)Nc2cccc(Cl)c2)c(N)c1-c1nc(-c2ccc3c(c2)OCO3)no1. The van der Waals surface area contributed by atoms with Crippen LogP contribution in [0.25, 0.3) is 22.8 Å². The summed E-state index contributed by atoms with van der Waals surface area (Å²) >= 11 is 7.32. The zero-order valence-electron chi connectivity index (χ0n) is 17.2. The van der Waals surface area contributed by atoms with Crippen LogP contribution in [0.4, 0.5) is 11.5 Å². The molecular formula is C21H17ClN6O4S. The Morgan fingerprint density at radius 1 is 1.24 bits per heavy atom. The molecule has 1 aliphatic rings. The van der Waals surface area contributed by atoms with E-state index in [4.69, 9.17) is 31.3 Å². The number of anilines is 2. The third-order valence-corrected chi connectivity index (χ3v) is 5.73. The molecule has 168 valence electrons. The van der Waals surface area contributed by atoms with E-state index in [1.54, 1.807) is 36.4 Å². The van der Waals surface area contributed by atoms with Crippen molar-refractivity contribution in [3.8, 4) is 34.3 Å². The minimum absolute atomic E-state index is 0.102. The molecule has 5 rings (SSSR count). The van der Waals surface area contributed by atoms with Gasteiger partial charge in [-0.25, -0.2) is 4.68 Å². The van der Waals surface area contributed by atoms with Gasteiger partial charge in [-0.1, -0.05) is 22.8 Å². The molecule has 0 fully saturated rings. The number of hydrogen-bond acceptors (Lipinski definition) is 9. The quantitative estimate of drug-likeness (QED) is 0.391. The first-order valence-corrected chi connectivity index (χ1v) is 11.3. The zero-order valence-corrected chi connectivity index (χ0v) is 18.8. The first kappa shape index (κ1) is 21.2. The second-order valence-electron chi connectivity index (χ2n) is 6.98. The van der Waals surface area contributed by atoms with E-state index < -0.39 is 0 Å². The lowest BCUT2D eigenvalue weighted by Gasteiger charge is -2.07. The van der Waals surface area contributed by atoms with Crippen LogP contribution in [0.2, 0.25) is 5.02 Å². The zero-order chi connectivity index (χ0) is 22.9. The Kier molecular flexibility index (Phi) is 5.56. The average molecular weight is 485 g/mol. The highest BCUT2D eigenvalue weighted by Crippen LogP contribution is 2.37. The number of nitrogen functional groups attached to an aromatic ring is 1. The van der Waals surface area contributed by atoms with Gasteiger partial charge >= 0.3 is 0 Å². The fourth-order valence-electron chi connectivity index (χ4n) is 3.30. The van der Waals surface area contributed by atoms with Crippen molar-refractivity contribution >= 4 is 40.8 Å². The van der Waals surface area contributed by atoms with Gasteiger partial charge in [-0.15, -0.1) is 11.8 Å². The number of halogens is 1. The lowest BCUT2D eigenvalue weighted by molar-refractivity contribution is -0.116. The number of nitrogens with zero attached hydrogens (tertiary/aromatic N) is 4. The van der Waals surface area contributed by atoms with E-state index in [9.17, 15) is 4.79 Å². The molecule has 10 nitrogen and oxygen atoms in total. The molecule has 0 bridgehead atoms. The summed E-state index contributed by atoms with van der Waals surface area (Å²) in [7, 11) is 0. The van der Waals surface area contributed by atoms with Crippen LogP contribution >= 0.6 is 23.4 Å². The number of thioether (sulfide) groups is 1. The van der Waals surface area contributed by atoms with Gasteiger partial charge in [-0.05, 0) is 42.7 Å². The summed E-state index contributed by atoms with van der Waals surface area (Å²) in [5, 5.41) is 12.4. The number of nitrogens with one attached hydrogen (secondary N) is 1. The molecule has 0 atom stereocenters. The molecule has 4 aromatic rings. The van der Waals surface area contributed by atoms with Crippen LogP contribution in [0, 0.1) is 0 Å². The third kappa shape index (κ3) is 4.20. The van der Waals surface area contributed by atoms with Gasteiger partial charge in [0.2, 0.25) is 18.5 Å². The number of ether oxygens (including phenoxy) is 2. The summed E-state index contributed by atoms with van der Waals surface area (Å²) in [5.41, 5.74) is 8.07. The van der Waals surface area contributed by atoms with Crippen molar-refractivity contribution in [2.45, 2.75) is 11.6 Å². The van der Waals surface area contributed by atoms with Crippen molar-refractivity contribution in [2.24, 2.45) is 0 Å². The Labute approximate surface area is 197 Å². The summed E-state index contributed by atoms with van der Waals surface area (Å²) in [4.78, 5) is 17.0. The van der Waals surface area contributed by atoms with Crippen molar-refractivity contribution < 1.29 is 18.8 Å². The number of benzene rings is 2. The van der Waals surface area contributed by atoms with E-state index in [1.165, 1.54) is 16.4 Å². The van der Waals surface area contributed by atoms with Gasteiger partial charge < -0.3 is 25.0 Å². The van der Waals surface area contributed by atoms with Crippen molar-refractivity contribution in [3.63, 3.8) is 0 Å².